The molecule has 104 valence electrons. The molecule has 1 amide bonds. The number of rotatable bonds is 4. The van der Waals surface area contributed by atoms with Gasteiger partial charge in [-0.25, -0.2) is 0 Å². The quantitative estimate of drug-likeness (QED) is 0.522. The average molecular weight is 457 g/mol. The van der Waals surface area contributed by atoms with Gasteiger partial charge in [0.2, 0.25) is 0 Å². The van der Waals surface area contributed by atoms with E-state index < -0.39 is 0 Å². The van der Waals surface area contributed by atoms with Gasteiger partial charge in [-0.2, -0.15) is 0 Å². The molecule has 0 atom stereocenters. The van der Waals surface area contributed by atoms with E-state index in [0.29, 0.717) is 18.0 Å². The first kappa shape index (κ1) is 15.6. The Morgan fingerprint density at radius 3 is 2.74 bits per heavy atom. The van der Waals surface area contributed by atoms with Gasteiger partial charge in [-0.05, 0) is 69.6 Å². The van der Waals surface area contributed by atoms with Crippen molar-refractivity contribution >= 4 is 56.0 Å². The third kappa shape index (κ3) is 3.85. The van der Waals surface area contributed by atoms with Crippen LogP contribution < -0.4 is 5.32 Å². The Morgan fingerprint density at radius 1 is 1.42 bits per heavy atom. The van der Waals surface area contributed by atoms with Gasteiger partial charge in [0.25, 0.3) is 5.91 Å². The van der Waals surface area contributed by atoms with Gasteiger partial charge < -0.3 is 5.32 Å². The van der Waals surface area contributed by atoms with Gasteiger partial charge in [-0.1, -0.05) is 12.8 Å². The fourth-order valence-corrected chi connectivity index (χ4v) is 3.80. The summed E-state index contributed by atoms with van der Waals surface area (Å²) in [6.45, 7) is 0.674. The molecule has 1 aliphatic carbocycles. The Balaban J connectivity index is 2.03. The van der Waals surface area contributed by atoms with Crippen molar-refractivity contribution in [1.29, 1.82) is 0 Å². The van der Waals surface area contributed by atoms with Crippen molar-refractivity contribution in [3.05, 3.63) is 31.8 Å². The molecule has 1 aromatic rings. The molecule has 1 fully saturated rings. The number of carbonyl (C=O) groups is 1. The third-order valence-electron chi connectivity index (χ3n) is 3.74. The minimum absolute atomic E-state index is 0.0261. The highest BCUT2D eigenvalue weighted by molar-refractivity contribution is 14.1. The van der Waals surface area contributed by atoms with Crippen LogP contribution in [0.4, 0.5) is 0 Å². The van der Waals surface area contributed by atoms with Crippen LogP contribution in [0.1, 0.15) is 36.0 Å². The number of hydrogen-bond donors (Lipinski definition) is 1. The molecule has 19 heavy (non-hydrogen) atoms. The van der Waals surface area contributed by atoms with Crippen molar-refractivity contribution in [2.45, 2.75) is 25.7 Å². The van der Waals surface area contributed by atoms with Crippen LogP contribution in [-0.4, -0.2) is 18.3 Å². The maximum atomic E-state index is 12.2. The summed E-state index contributed by atoms with van der Waals surface area (Å²) in [5.41, 5.74) is 0.792. The van der Waals surface area contributed by atoms with Crippen molar-refractivity contribution in [3.8, 4) is 0 Å². The summed E-state index contributed by atoms with van der Waals surface area (Å²) in [5, 5.41) is 3.04. The van der Waals surface area contributed by atoms with Crippen molar-refractivity contribution in [2.24, 2.45) is 5.41 Å². The zero-order valence-electron chi connectivity index (χ0n) is 10.5. The number of benzene rings is 1. The smallest absolute Gasteiger partial charge is 0.252 e. The van der Waals surface area contributed by atoms with Crippen molar-refractivity contribution < 1.29 is 4.79 Å². The Labute approximate surface area is 140 Å². The highest BCUT2D eigenvalue weighted by atomic mass is 127. The normalized spacial score (nSPS) is 17.4. The lowest BCUT2D eigenvalue weighted by Crippen LogP contribution is -2.37. The maximum Gasteiger partial charge on any atom is 0.252 e. The van der Waals surface area contributed by atoms with Crippen LogP contribution in [-0.2, 0) is 0 Å². The molecule has 1 aliphatic rings. The number of amides is 1. The Kier molecular flexibility index (Phi) is 5.55. The van der Waals surface area contributed by atoms with Gasteiger partial charge in [0.1, 0.15) is 0 Å². The van der Waals surface area contributed by atoms with Crippen LogP contribution in [0, 0.1) is 8.99 Å². The van der Waals surface area contributed by atoms with Gasteiger partial charge in [-0.15, -0.1) is 11.6 Å². The van der Waals surface area contributed by atoms with Gasteiger partial charge in [-0.3, -0.25) is 4.79 Å². The largest absolute Gasteiger partial charge is 0.351 e. The molecule has 0 radical (unpaired) electrons. The molecule has 0 spiro atoms. The standard InChI is InChI=1S/C14H16BrClINO/c15-12-4-3-10(17)7-11(12)13(19)18-9-14(8-16)5-1-2-6-14/h3-4,7H,1-2,5-6,8-9H2,(H,18,19). The minimum Gasteiger partial charge on any atom is -0.351 e. The van der Waals surface area contributed by atoms with E-state index in [-0.39, 0.29) is 11.3 Å². The second-order valence-corrected chi connectivity index (χ2v) is 7.51. The molecular formula is C14H16BrClINO. The number of alkyl halides is 1. The van der Waals surface area contributed by atoms with E-state index in [0.717, 1.165) is 20.9 Å². The van der Waals surface area contributed by atoms with E-state index in [2.05, 4.69) is 43.8 Å². The minimum atomic E-state index is -0.0261. The Bertz CT molecular complexity index is 475. The summed E-state index contributed by atoms with van der Waals surface area (Å²) >= 11 is 11.7. The van der Waals surface area contributed by atoms with E-state index in [1.54, 1.807) is 0 Å². The molecular weight excluding hydrogens is 440 g/mol. The predicted octanol–water partition coefficient (Wildman–Crippen LogP) is 4.58. The molecule has 0 bridgehead atoms. The molecule has 0 heterocycles. The first-order chi connectivity index (χ1) is 9.06. The zero-order chi connectivity index (χ0) is 13.9. The summed E-state index contributed by atoms with van der Waals surface area (Å²) in [4.78, 5) is 12.2. The zero-order valence-corrected chi connectivity index (χ0v) is 15.0. The van der Waals surface area contributed by atoms with Crippen molar-refractivity contribution in [3.63, 3.8) is 0 Å². The first-order valence-electron chi connectivity index (χ1n) is 6.36. The van der Waals surface area contributed by atoms with Crippen molar-refractivity contribution in [2.75, 3.05) is 12.4 Å². The summed E-state index contributed by atoms with van der Waals surface area (Å²) in [7, 11) is 0. The average Bonchev–Trinajstić information content (AvgIpc) is 2.88. The molecule has 2 rings (SSSR count). The summed E-state index contributed by atoms with van der Waals surface area (Å²) in [6, 6.07) is 5.77. The first-order valence-corrected chi connectivity index (χ1v) is 8.76. The molecule has 0 aliphatic heterocycles. The van der Waals surface area contributed by atoms with Crippen LogP contribution in [0.3, 0.4) is 0 Å². The lowest BCUT2D eigenvalue weighted by Gasteiger charge is -2.26. The van der Waals surface area contributed by atoms with Crippen LogP contribution in [0.15, 0.2) is 22.7 Å². The van der Waals surface area contributed by atoms with Gasteiger partial charge in [0, 0.05) is 25.9 Å². The van der Waals surface area contributed by atoms with E-state index in [1.807, 2.05) is 18.2 Å². The van der Waals surface area contributed by atoms with Crippen molar-refractivity contribution in [1.82, 2.24) is 5.32 Å². The molecule has 0 unspecified atom stereocenters. The molecule has 0 aromatic heterocycles. The summed E-state index contributed by atoms with van der Waals surface area (Å²) in [6.07, 6.45) is 4.67. The Morgan fingerprint density at radius 2 is 2.11 bits per heavy atom. The number of carbonyl (C=O) groups excluding carboxylic acids is 1. The van der Waals surface area contributed by atoms with E-state index in [4.69, 9.17) is 11.6 Å². The lowest BCUT2D eigenvalue weighted by molar-refractivity contribution is 0.0934. The predicted molar refractivity (Wildman–Crippen MR) is 90.8 cm³/mol. The van der Waals surface area contributed by atoms with Crippen LogP contribution >= 0.6 is 50.1 Å². The maximum absolute atomic E-state index is 12.2. The molecule has 0 saturated heterocycles. The molecule has 5 heteroatoms. The Hall–Kier alpha value is 0.190. The van der Waals surface area contributed by atoms with E-state index in [1.165, 1.54) is 12.8 Å². The highest BCUT2D eigenvalue weighted by Crippen LogP contribution is 2.38. The van der Waals surface area contributed by atoms with E-state index >= 15 is 0 Å². The fourth-order valence-electron chi connectivity index (χ4n) is 2.52. The fraction of sp³-hybridized carbons (Fsp3) is 0.500. The molecule has 2 nitrogen and oxygen atoms in total. The topological polar surface area (TPSA) is 29.1 Å². The molecule has 1 saturated carbocycles. The second kappa shape index (κ2) is 6.76. The number of nitrogens with one attached hydrogen (secondary N) is 1. The van der Waals surface area contributed by atoms with Gasteiger partial charge in [0.15, 0.2) is 0 Å². The lowest BCUT2D eigenvalue weighted by atomic mass is 9.88. The SMILES string of the molecule is O=C(NCC1(CCl)CCCC1)c1cc(I)ccc1Br. The number of hydrogen-bond acceptors (Lipinski definition) is 1. The summed E-state index contributed by atoms with van der Waals surface area (Å²) < 4.78 is 1.88. The second-order valence-electron chi connectivity index (χ2n) is 5.15. The van der Waals surface area contributed by atoms with Gasteiger partial charge in [0.05, 0.1) is 5.56 Å². The highest BCUT2D eigenvalue weighted by Gasteiger charge is 2.33. The van der Waals surface area contributed by atoms with Crippen LogP contribution in [0.2, 0.25) is 0 Å². The van der Waals surface area contributed by atoms with Crippen LogP contribution in [0.25, 0.3) is 0 Å². The van der Waals surface area contributed by atoms with E-state index in [9.17, 15) is 4.79 Å². The summed E-state index contributed by atoms with van der Waals surface area (Å²) in [5.74, 6) is 0.600. The monoisotopic (exact) mass is 455 g/mol. The number of halogens is 3. The van der Waals surface area contributed by atoms with Crippen LogP contribution in [0.5, 0.6) is 0 Å². The third-order valence-corrected chi connectivity index (χ3v) is 5.67. The molecule has 1 N–H and O–H groups in total. The van der Waals surface area contributed by atoms with Gasteiger partial charge >= 0.3 is 0 Å². The molecule has 1 aromatic carbocycles.